The predicted molar refractivity (Wildman–Crippen MR) is 55.8 cm³/mol. The molecule has 0 aliphatic rings. The van der Waals surface area contributed by atoms with Crippen molar-refractivity contribution in [3.8, 4) is 0 Å². The number of halogens is 2. The van der Waals surface area contributed by atoms with Crippen LogP contribution in [0.5, 0.6) is 0 Å². The molecule has 1 aromatic carbocycles. The van der Waals surface area contributed by atoms with Crippen molar-refractivity contribution in [2.75, 3.05) is 6.54 Å². The minimum atomic E-state index is 0.430. The van der Waals surface area contributed by atoms with Gasteiger partial charge in [0.15, 0.2) is 0 Å². The van der Waals surface area contributed by atoms with E-state index in [0.717, 1.165) is 10.0 Å². The van der Waals surface area contributed by atoms with Gasteiger partial charge in [-0.15, -0.1) is 0 Å². The van der Waals surface area contributed by atoms with Crippen LogP contribution in [0.15, 0.2) is 27.7 Å². The summed E-state index contributed by atoms with van der Waals surface area (Å²) in [5.41, 5.74) is 0.982. The lowest BCUT2D eigenvalue weighted by Gasteiger charge is -2.01. The molecular formula is C9H7BrClNO. The van der Waals surface area contributed by atoms with Gasteiger partial charge in [-0.2, -0.15) is 0 Å². The van der Waals surface area contributed by atoms with Crippen molar-refractivity contribution in [2.45, 2.75) is 6.42 Å². The van der Waals surface area contributed by atoms with Crippen molar-refractivity contribution in [3.05, 3.63) is 33.3 Å². The molecule has 0 bridgehead atoms. The first kappa shape index (κ1) is 10.5. The van der Waals surface area contributed by atoms with Gasteiger partial charge in [-0.1, -0.05) is 27.5 Å². The molecule has 0 atom stereocenters. The van der Waals surface area contributed by atoms with E-state index in [2.05, 4.69) is 20.9 Å². The molecule has 0 amide bonds. The first-order chi connectivity index (χ1) is 6.24. The molecule has 0 N–H and O–H groups in total. The number of hydrogen-bond donors (Lipinski definition) is 0. The number of isocyanates is 1. The van der Waals surface area contributed by atoms with Gasteiger partial charge in [-0.05, 0) is 30.2 Å². The summed E-state index contributed by atoms with van der Waals surface area (Å²) < 4.78 is 0.974. The van der Waals surface area contributed by atoms with Crippen LogP contribution in [-0.4, -0.2) is 12.6 Å². The summed E-state index contributed by atoms with van der Waals surface area (Å²) in [6.45, 7) is 0.430. The molecule has 1 aromatic rings. The molecule has 0 heterocycles. The number of aliphatic imine (C=N–C) groups is 1. The average molecular weight is 261 g/mol. The molecular weight excluding hydrogens is 253 g/mol. The van der Waals surface area contributed by atoms with Crippen LogP contribution in [0.1, 0.15) is 5.56 Å². The Morgan fingerprint density at radius 3 is 3.00 bits per heavy atom. The Labute approximate surface area is 89.8 Å². The molecule has 68 valence electrons. The fraction of sp³-hybridized carbons (Fsp3) is 0.222. The van der Waals surface area contributed by atoms with E-state index < -0.39 is 0 Å². The molecule has 0 radical (unpaired) electrons. The van der Waals surface area contributed by atoms with Crippen LogP contribution in [0.3, 0.4) is 0 Å². The summed E-state index contributed by atoms with van der Waals surface area (Å²) in [6.07, 6.45) is 2.15. The number of benzene rings is 1. The van der Waals surface area contributed by atoms with Crippen LogP contribution in [0, 0.1) is 0 Å². The number of nitrogens with zero attached hydrogens (tertiary/aromatic N) is 1. The van der Waals surface area contributed by atoms with Crippen LogP contribution in [0.25, 0.3) is 0 Å². The van der Waals surface area contributed by atoms with Crippen LogP contribution >= 0.6 is 27.5 Å². The molecule has 0 unspecified atom stereocenters. The second-order valence-electron chi connectivity index (χ2n) is 2.46. The lowest BCUT2D eigenvalue weighted by atomic mass is 10.1. The highest BCUT2D eigenvalue weighted by Gasteiger charge is 1.99. The van der Waals surface area contributed by atoms with Crippen molar-refractivity contribution in [2.24, 2.45) is 4.99 Å². The lowest BCUT2D eigenvalue weighted by Crippen LogP contribution is -1.90. The molecule has 0 saturated heterocycles. The van der Waals surface area contributed by atoms with Crippen molar-refractivity contribution >= 4 is 33.6 Å². The molecule has 0 saturated carbocycles. The Bertz CT molecular complexity index is 347. The summed E-state index contributed by atoms with van der Waals surface area (Å²) in [5, 5.41) is 0.698. The molecule has 0 fully saturated rings. The molecule has 0 spiro atoms. The van der Waals surface area contributed by atoms with E-state index in [4.69, 9.17) is 11.6 Å². The van der Waals surface area contributed by atoms with Gasteiger partial charge < -0.3 is 0 Å². The van der Waals surface area contributed by atoms with E-state index in [1.54, 1.807) is 0 Å². The molecule has 1 rings (SSSR count). The third kappa shape index (κ3) is 3.31. The van der Waals surface area contributed by atoms with Gasteiger partial charge in [-0.3, -0.25) is 0 Å². The van der Waals surface area contributed by atoms with E-state index in [1.165, 1.54) is 6.08 Å². The van der Waals surface area contributed by atoms with Gasteiger partial charge in [0.1, 0.15) is 0 Å². The maximum atomic E-state index is 9.81. The smallest absolute Gasteiger partial charge is 0.211 e. The van der Waals surface area contributed by atoms with Crippen LogP contribution in [0.2, 0.25) is 5.02 Å². The predicted octanol–water partition coefficient (Wildman–Crippen LogP) is 2.98. The van der Waals surface area contributed by atoms with Crippen molar-refractivity contribution in [3.63, 3.8) is 0 Å². The quantitative estimate of drug-likeness (QED) is 0.607. The van der Waals surface area contributed by atoms with Gasteiger partial charge in [0, 0.05) is 9.50 Å². The second kappa shape index (κ2) is 5.18. The molecule has 0 aliphatic carbocycles. The molecule has 0 aromatic heterocycles. The van der Waals surface area contributed by atoms with E-state index in [9.17, 15) is 4.79 Å². The number of carbonyl (C=O) groups excluding carboxylic acids is 1. The Morgan fingerprint density at radius 1 is 1.54 bits per heavy atom. The van der Waals surface area contributed by atoms with Gasteiger partial charge in [0.25, 0.3) is 0 Å². The van der Waals surface area contributed by atoms with E-state index in [1.807, 2.05) is 18.2 Å². The van der Waals surface area contributed by atoms with Crippen LogP contribution in [-0.2, 0) is 11.2 Å². The van der Waals surface area contributed by atoms with Crippen LogP contribution < -0.4 is 0 Å². The normalized spacial score (nSPS) is 9.38. The summed E-state index contributed by atoms with van der Waals surface area (Å²) in [6, 6.07) is 5.60. The number of hydrogen-bond acceptors (Lipinski definition) is 2. The molecule has 2 nitrogen and oxygen atoms in total. The van der Waals surface area contributed by atoms with Crippen molar-refractivity contribution in [1.82, 2.24) is 0 Å². The highest BCUT2D eigenvalue weighted by molar-refractivity contribution is 9.10. The third-order valence-electron chi connectivity index (χ3n) is 1.57. The molecule has 13 heavy (non-hydrogen) atoms. The minimum Gasteiger partial charge on any atom is -0.211 e. The van der Waals surface area contributed by atoms with Gasteiger partial charge in [-0.25, -0.2) is 9.79 Å². The first-order valence-corrected chi connectivity index (χ1v) is 4.88. The van der Waals surface area contributed by atoms with Crippen LogP contribution in [0.4, 0.5) is 0 Å². The standard InChI is InChI=1S/C9H7BrClNO/c10-8-1-2-9(11)7(5-8)3-4-12-6-13/h1-2,5H,3-4H2. The zero-order valence-corrected chi connectivity index (χ0v) is 9.10. The van der Waals surface area contributed by atoms with Crippen molar-refractivity contribution < 1.29 is 4.79 Å². The maximum Gasteiger partial charge on any atom is 0.234 e. The summed E-state index contributed by atoms with van der Waals surface area (Å²) in [7, 11) is 0. The third-order valence-corrected chi connectivity index (χ3v) is 2.43. The minimum absolute atomic E-state index is 0.430. The second-order valence-corrected chi connectivity index (χ2v) is 3.78. The molecule has 0 aliphatic heterocycles. The highest BCUT2D eigenvalue weighted by Crippen LogP contribution is 2.21. The fourth-order valence-electron chi connectivity index (χ4n) is 0.957. The topological polar surface area (TPSA) is 29.4 Å². The largest absolute Gasteiger partial charge is 0.234 e. The number of rotatable bonds is 3. The lowest BCUT2D eigenvalue weighted by molar-refractivity contribution is 0.563. The van der Waals surface area contributed by atoms with Gasteiger partial charge in [0.05, 0.1) is 6.54 Å². The fourth-order valence-corrected chi connectivity index (χ4v) is 1.58. The summed E-state index contributed by atoms with van der Waals surface area (Å²) >= 11 is 9.25. The summed E-state index contributed by atoms with van der Waals surface area (Å²) in [5.74, 6) is 0. The van der Waals surface area contributed by atoms with Gasteiger partial charge >= 0.3 is 0 Å². The Kier molecular flexibility index (Phi) is 4.16. The average Bonchev–Trinajstić information content (AvgIpc) is 2.11. The zero-order valence-electron chi connectivity index (χ0n) is 6.76. The van der Waals surface area contributed by atoms with Gasteiger partial charge in [0.2, 0.25) is 6.08 Å². The Balaban J connectivity index is 2.75. The maximum absolute atomic E-state index is 9.81. The first-order valence-electron chi connectivity index (χ1n) is 3.71. The Morgan fingerprint density at radius 2 is 2.31 bits per heavy atom. The van der Waals surface area contributed by atoms with E-state index in [0.29, 0.717) is 18.0 Å². The monoisotopic (exact) mass is 259 g/mol. The van der Waals surface area contributed by atoms with E-state index >= 15 is 0 Å². The summed E-state index contributed by atoms with van der Waals surface area (Å²) in [4.78, 5) is 13.3. The van der Waals surface area contributed by atoms with E-state index in [-0.39, 0.29) is 0 Å². The SMILES string of the molecule is O=C=NCCc1cc(Br)ccc1Cl. The Hall–Kier alpha value is -0.630. The zero-order chi connectivity index (χ0) is 9.68. The van der Waals surface area contributed by atoms with Crippen molar-refractivity contribution in [1.29, 1.82) is 0 Å². The highest BCUT2D eigenvalue weighted by atomic mass is 79.9. The molecule has 4 heteroatoms.